The highest BCUT2D eigenvalue weighted by molar-refractivity contribution is 6.01. The van der Waals surface area contributed by atoms with Crippen molar-refractivity contribution >= 4 is 11.9 Å². The SMILES string of the molecule is COc1cccc([C@H]2NC(=O)N(C)C3=C2C(=O)N(CCC(C)C)C3)c1. The lowest BCUT2D eigenvalue weighted by Gasteiger charge is -2.31. The minimum absolute atomic E-state index is 0.00956. The smallest absolute Gasteiger partial charge is 0.322 e. The lowest BCUT2D eigenvalue weighted by atomic mass is 9.95. The van der Waals surface area contributed by atoms with Crippen LogP contribution >= 0.6 is 0 Å². The van der Waals surface area contributed by atoms with E-state index in [-0.39, 0.29) is 11.9 Å². The van der Waals surface area contributed by atoms with Gasteiger partial charge >= 0.3 is 6.03 Å². The number of urea groups is 1. The molecule has 0 fully saturated rings. The maximum absolute atomic E-state index is 13.0. The Morgan fingerprint density at radius 2 is 2.08 bits per heavy atom. The van der Waals surface area contributed by atoms with Crippen molar-refractivity contribution in [1.82, 2.24) is 15.1 Å². The van der Waals surface area contributed by atoms with E-state index < -0.39 is 6.04 Å². The van der Waals surface area contributed by atoms with Crippen molar-refractivity contribution in [2.24, 2.45) is 5.92 Å². The van der Waals surface area contributed by atoms with E-state index in [2.05, 4.69) is 19.2 Å². The molecule has 0 unspecified atom stereocenters. The first kappa shape index (κ1) is 17.3. The minimum atomic E-state index is -0.439. The predicted octanol–water partition coefficient (Wildman–Crippen LogP) is 2.53. The molecule has 0 saturated heterocycles. The van der Waals surface area contributed by atoms with Gasteiger partial charge in [-0.15, -0.1) is 0 Å². The molecule has 1 atom stereocenters. The number of amides is 3. The molecular formula is C19H25N3O3. The Kier molecular flexibility index (Phi) is 4.70. The van der Waals surface area contributed by atoms with Crippen molar-refractivity contribution < 1.29 is 14.3 Å². The van der Waals surface area contributed by atoms with E-state index in [9.17, 15) is 9.59 Å². The van der Waals surface area contributed by atoms with Crippen molar-refractivity contribution in [3.63, 3.8) is 0 Å². The van der Waals surface area contributed by atoms with Crippen LogP contribution in [0.15, 0.2) is 35.5 Å². The summed E-state index contributed by atoms with van der Waals surface area (Å²) in [7, 11) is 3.32. The zero-order chi connectivity index (χ0) is 18.1. The highest BCUT2D eigenvalue weighted by Gasteiger charge is 2.42. The fraction of sp³-hybridized carbons (Fsp3) is 0.474. The number of likely N-dealkylation sites (N-methyl/N-ethyl adjacent to an activating group) is 1. The number of benzene rings is 1. The van der Waals surface area contributed by atoms with Gasteiger partial charge in [-0.2, -0.15) is 0 Å². The second-order valence-corrected chi connectivity index (χ2v) is 6.99. The highest BCUT2D eigenvalue weighted by atomic mass is 16.5. The van der Waals surface area contributed by atoms with Gasteiger partial charge in [0.2, 0.25) is 0 Å². The highest BCUT2D eigenvalue weighted by Crippen LogP contribution is 2.36. The average Bonchev–Trinajstić information content (AvgIpc) is 2.93. The zero-order valence-corrected chi connectivity index (χ0v) is 15.2. The quantitative estimate of drug-likeness (QED) is 0.894. The molecule has 6 heteroatoms. The van der Waals surface area contributed by atoms with Gasteiger partial charge in [-0.1, -0.05) is 26.0 Å². The first-order chi connectivity index (χ1) is 11.9. The van der Waals surface area contributed by atoms with Crippen LogP contribution in [0.1, 0.15) is 31.9 Å². The summed E-state index contributed by atoms with van der Waals surface area (Å²) in [4.78, 5) is 28.8. The van der Waals surface area contributed by atoms with Gasteiger partial charge in [-0.25, -0.2) is 4.79 Å². The number of rotatable bonds is 5. The third-order valence-corrected chi connectivity index (χ3v) is 4.84. The molecule has 1 N–H and O–H groups in total. The number of hydrogen-bond acceptors (Lipinski definition) is 3. The number of nitrogens with zero attached hydrogens (tertiary/aromatic N) is 2. The van der Waals surface area contributed by atoms with E-state index in [4.69, 9.17) is 4.74 Å². The third kappa shape index (κ3) is 3.21. The number of hydrogen-bond donors (Lipinski definition) is 1. The largest absolute Gasteiger partial charge is 0.497 e. The molecule has 1 aromatic carbocycles. The number of carbonyl (C=O) groups excluding carboxylic acids is 2. The molecule has 2 aliphatic heterocycles. The second-order valence-electron chi connectivity index (χ2n) is 6.99. The molecule has 6 nitrogen and oxygen atoms in total. The Morgan fingerprint density at radius 1 is 1.32 bits per heavy atom. The number of methoxy groups -OCH3 is 1. The Morgan fingerprint density at radius 3 is 2.76 bits per heavy atom. The topological polar surface area (TPSA) is 61.9 Å². The first-order valence-corrected chi connectivity index (χ1v) is 8.63. The van der Waals surface area contributed by atoms with Gasteiger partial charge in [0.05, 0.1) is 31.0 Å². The minimum Gasteiger partial charge on any atom is -0.497 e. The van der Waals surface area contributed by atoms with Crippen LogP contribution in [0.25, 0.3) is 0 Å². The summed E-state index contributed by atoms with van der Waals surface area (Å²) in [5, 5.41) is 2.95. The first-order valence-electron chi connectivity index (χ1n) is 8.63. The molecule has 0 aromatic heterocycles. The van der Waals surface area contributed by atoms with Crippen LogP contribution in [0.5, 0.6) is 5.75 Å². The molecular weight excluding hydrogens is 318 g/mol. The van der Waals surface area contributed by atoms with Crippen LogP contribution in [0, 0.1) is 5.92 Å². The van der Waals surface area contributed by atoms with Gasteiger partial charge in [-0.05, 0) is 30.0 Å². The van der Waals surface area contributed by atoms with E-state index in [0.29, 0.717) is 30.3 Å². The van der Waals surface area contributed by atoms with E-state index in [1.54, 1.807) is 19.1 Å². The molecule has 3 rings (SSSR count). The lowest BCUT2D eigenvalue weighted by molar-refractivity contribution is -0.125. The van der Waals surface area contributed by atoms with Gasteiger partial charge in [0.15, 0.2) is 0 Å². The Labute approximate surface area is 148 Å². The van der Waals surface area contributed by atoms with Gasteiger partial charge in [-0.3, -0.25) is 9.69 Å². The molecule has 0 spiro atoms. The van der Waals surface area contributed by atoms with Crippen LogP contribution in [0.3, 0.4) is 0 Å². The molecule has 0 radical (unpaired) electrons. The summed E-state index contributed by atoms with van der Waals surface area (Å²) < 4.78 is 5.28. The molecule has 2 heterocycles. The van der Waals surface area contributed by atoms with Gasteiger partial charge < -0.3 is 15.0 Å². The van der Waals surface area contributed by atoms with Crippen LogP contribution in [-0.4, -0.2) is 49.0 Å². The summed E-state index contributed by atoms with van der Waals surface area (Å²) in [5.74, 6) is 1.24. The summed E-state index contributed by atoms with van der Waals surface area (Å²) in [6, 6.07) is 6.87. The van der Waals surface area contributed by atoms with Crippen molar-refractivity contribution in [3.05, 3.63) is 41.1 Å². The molecule has 0 aliphatic carbocycles. The molecule has 25 heavy (non-hydrogen) atoms. The normalized spacial score (nSPS) is 20.3. The Balaban J connectivity index is 1.94. The van der Waals surface area contributed by atoms with Crippen LogP contribution in [-0.2, 0) is 4.79 Å². The summed E-state index contributed by atoms with van der Waals surface area (Å²) in [6.45, 7) is 5.48. The van der Waals surface area contributed by atoms with Crippen LogP contribution < -0.4 is 10.1 Å². The average molecular weight is 343 g/mol. The summed E-state index contributed by atoms with van der Waals surface area (Å²) in [6.07, 6.45) is 0.946. The Bertz CT molecular complexity index is 726. The van der Waals surface area contributed by atoms with Gasteiger partial charge in [0, 0.05) is 13.6 Å². The monoisotopic (exact) mass is 343 g/mol. The maximum Gasteiger partial charge on any atom is 0.322 e. The predicted molar refractivity (Wildman–Crippen MR) is 95.1 cm³/mol. The van der Waals surface area contributed by atoms with Crippen molar-refractivity contribution in [1.29, 1.82) is 0 Å². The van der Waals surface area contributed by atoms with Gasteiger partial charge in [0.25, 0.3) is 5.91 Å². The summed E-state index contributed by atoms with van der Waals surface area (Å²) in [5.41, 5.74) is 2.32. The molecule has 134 valence electrons. The maximum atomic E-state index is 13.0. The number of carbonyl (C=O) groups is 2. The van der Waals surface area contributed by atoms with Gasteiger partial charge in [0.1, 0.15) is 5.75 Å². The molecule has 0 bridgehead atoms. The zero-order valence-electron chi connectivity index (χ0n) is 15.2. The van der Waals surface area contributed by atoms with Crippen molar-refractivity contribution in [2.75, 3.05) is 27.2 Å². The Hall–Kier alpha value is -2.50. The fourth-order valence-corrected chi connectivity index (χ4v) is 3.29. The fourth-order valence-electron chi connectivity index (χ4n) is 3.29. The lowest BCUT2D eigenvalue weighted by Crippen LogP contribution is -2.45. The van der Waals surface area contributed by atoms with E-state index in [0.717, 1.165) is 17.7 Å². The second kappa shape index (κ2) is 6.78. The molecule has 2 aliphatic rings. The van der Waals surface area contributed by atoms with Crippen molar-refractivity contribution in [2.45, 2.75) is 26.3 Å². The molecule has 1 aromatic rings. The van der Waals surface area contributed by atoms with Crippen LogP contribution in [0.4, 0.5) is 4.79 Å². The summed E-state index contributed by atoms with van der Waals surface area (Å²) >= 11 is 0. The number of ether oxygens (including phenoxy) is 1. The van der Waals surface area contributed by atoms with Crippen molar-refractivity contribution in [3.8, 4) is 5.75 Å². The standard InChI is InChI=1S/C19H25N3O3/c1-12(2)8-9-22-11-15-16(18(22)23)17(20-19(24)21(15)3)13-6-5-7-14(10-13)25-4/h5-7,10,12,17H,8-9,11H2,1-4H3,(H,20,24)/t17-/m1/s1. The van der Waals surface area contributed by atoms with Crippen LogP contribution in [0.2, 0.25) is 0 Å². The van der Waals surface area contributed by atoms with E-state index in [1.165, 1.54) is 0 Å². The molecule has 3 amide bonds. The third-order valence-electron chi connectivity index (χ3n) is 4.84. The van der Waals surface area contributed by atoms with E-state index >= 15 is 0 Å². The number of nitrogens with one attached hydrogen (secondary N) is 1. The van der Waals surface area contributed by atoms with E-state index in [1.807, 2.05) is 29.2 Å². The molecule has 0 saturated carbocycles.